The zero-order chi connectivity index (χ0) is 27.3. The summed E-state index contributed by atoms with van der Waals surface area (Å²) in [5.41, 5.74) is 4.83. The van der Waals surface area contributed by atoms with Crippen LogP contribution >= 0.6 is 15.9 Å². The summed E-state index contributed by atoms with van der Waals surface area (Å²) in [7, 11) is 0. The summed E-state index contributed by atoms with van der Waals surface area (Å²) in [4.78, 5) is 24.3. The molecule has 0 aromatic heterocycles. The van der Waals surface area contributed by atoms with E-state index in [1.165, 1.54) is 6.21 Å². The van der Waals surface area contributed by atoms with E-state index in [1.807, 2.05) is 26.0 Å². The number of amides is 2. The molecule has 9 nitrogen and oxygen atoms in total. The molecule has 10 heteroatoms. The van der Waals surface area contributed by atoms with Crippen molar-refractivity contribution in [3.63, 3.8) is 0 Å². The first-order valence-corrected chi connectivity index (χ1v) is 12.6. The van der Waals surface area contributed by atoms with E-state index in [-0.39, 0.29) is 6.61 Å². The van der Waals surface area contributed by atoms with Crippen LogP contribution in [0.2, 0.25) is 0 Å². The van der Waals surface area contributed by atoms with Gasteiger partial charge in [0.1, 0.15) is 18.8 Å². The van der Waals surface area contributed by atoms with E-state index < -0.39 is 18.2 Å². The Hall–Kier alpha value is -4.36. The smallest absolute Gasteiger partial charge is 0.249 e. The average molecular weight is 579 g/mol. The van der Waals surface area contributed by atoms with Gasteiger partial charge in [-0.2, -0.15) is 10.4 Å². The third kappa shape index (κ3) is 8.35. The molecule has 2 N–H and O–H groups in total. The van der Waals surface area contributed by atoms with Crippen molar-refractivity contribution in [3.8, 4) is 23.3 Å². The van der Waals surface area contributed by atoms with Crippen LogP contribution in [0.1, 0.15) is 37.0 Å². The number of rotatable bonds is 12. The highest BCUT2D eigenvalue weighted by Gasteiger charge is 2.14. The van der Waals surface area contributed by atoms with Crippen molar-refractivity contribution >= 4 is 39.6 Å². The molecule has 0 unspecified atom stereocenters. The molecule has 0 radical (unpaired) electrons. The summed E-state index contributed by atoms with van der Waals surface area (Å²) >= 11 is 3.50. The maximum atomic E-state index is 12.2. The molecule has 3 rings (SSSR count). The van der Waals surface area contributed by atoms with Crippen LogP contribution in [0.25, 0.3) is 0 Å². The Morgan fingerprint density at radius 2 is 1.74 bits per heavy atom. The molecule has 196 valence electrons. The third-order valence-electron chi connectivity index (χ3n) is 5.01. The van der Waals surface area contributed by atoms with Gasteiger partial charge in [0.05, 0.1) is 35.5 Å². The first kappa shape index (κ1) is 28.2. The highest BCUT2D eigenvalue weighted by molar-refractivity contribution is 9.10. The predicted octanol–water partition coefficient (Wildman–Crippen LogP) is 5.18. The second kappa shape index (κ2) is 14.4. The minimum Gasteiger partial charge on any atom is -0.494 e. The zero-order valence-corrected chi connectivity index (χ0v) is 22.6. The fourth-order valence-corrected chi connectivity index (χ4v) is 3.92. The Morgan fingerprint density at radius 1 is 1.00 bits per heavy atom. The van der Waals surface area contributed by atoms with Gasteiger partial charge in [0, 0.05) is 11.3 Å². The maximum Gasteiger partial charge on any atom is 0.249 e. The van der Waals surface area contributed by atoms with Crippen LogP contribution in [0, 0.1) is 11.3 Å². The van der Waals surface area contributed by atoms with Crippen LogP contribution in [-0.2, 0) is 16.2 Å². The summed E-state index contributed by atoms with van der Waals surface area (Å²) in [6.45, 7) is 4.87. The largest absolute Gasteiger partial charge is 0.494 e. The second-order valence-corrected chi connectivity index (χ2v) is 8.65. The standard InChI is InChI=1S/C28H27BrN4O5/c1-3-36-23-11-9-22(10-12-23)32-26(34)15-27(35)33-31-17-19-13-24(29)28(25(14-19)37-4-2)38-18-21-8-6-5-7-20(21)16-30/h5-14,17H,3-4,15,18H2,1-2H3,(H,32,34)(H,33,35). The van der Waals surface area contributed by atoms with Gasteiger partial charge in [-0.3, -0.25) is 9.59 Å². The molecule has 0 spiro atoms. The Kier molecular flexibility index (Phi) is 10.7. The molecule has 0 aliphatic rings. The van der Waals surface area contributed by atoms with Crippen LogP contribution in [0.4, 0.5) is 5.69 Å². The van der Waals surface area contributed by atoms with E-state index in [0.717, 1.165) is 5.56 Å². The van der Waals surface area contributed by atoms with Crippen molar-refractivity contribution in [2.24, 2.45) is 5.10 Å². The van der Waals surface area contributed by atoms with Gasteiger partial charge >= 0.3 is 0 Å². The normalized spacial score (nSPS) is 10.5. The molecule has 0 atom stereocenters. The maximum absolute atomic E-state index is 12.2. The lowest BCUT2D eigenvalue weighted by atomic mass is 10.1. The number of carbonyl (C=O) groups is 2. The molecular formula is C28H27BrN4O5. The number of anilines is 1. The number of hydrazone groups is 1. The van der Waals surface area contributed by atoms with E-state index >= 15 is 0 Å². The van der Waals surface area contributed by atoms with Crippen molar-refractivity contribution in [2.75, 3.05) is 18.5 Å². The molecule has 3 aromatic rings. The topological polar surface area (TPSA) is 122 Å². The number of ether oxygens (including phenoxy) is 3. The predicted molar refractivity (Wildman–Crippen MR) is 147 cm³/mol. The van der Waals surface area contributed by atoms with Gasteiger partial charge in [0.2, 0.25) is 11.8 Å². The molecule has 0 aliphatic carbocycles. The molecule has 0 aliphatic heterocycles. The van der Waals surface area contributed by atoms with Crippen LogP contribution in [0.15, 0.2) is 70.2 Å². The van der Waals surface area contributed by atoms with E-state index in [0.29, 0.717) is 51.7 Å². The summed E-state index contributed by atoms with van der Waals surface area (Å²) < 4.78 is 17.7. The first-order chi connectivity index (χ1) is 18.4. The summed E-state index contributed by atoms with van der Waals surface area (Å²) in [5.74, 6) is 0.610. The fourth-order valence-electron chi connectivity index (χ4n) is 3.34. The Balaban J connectivity index is 1.58. The first-order valence-electron chi connectivity index (χ1n) is 11.8. The average Bonchev–Trinajstić information content (AvgIpc) is 2.90. The number of benzene rings is 3. The van der Waals surface area contributed by atoms with Crippen molar-refractivity contribution in [1.82, 2.24) is 5.43 Å². The summed E-state index contributed by atoms with van der Waals surface area (Å²) in [6.07, 6.45) is 1.04. The molecule has 0 saturated carbocycles. The highest BCUT2D eigenvalue weighted by Crippen LogP contribution is 2.37. The van der Waals surface area contributed by atoms with Crippen LogP contribution in [0.3, 0.4) is 0 Å². The van der Waals surface area contributed by atoms with Gasteiger partial charge in [-0.15, -0.1) is 0 Å². The number of nitrogens with zero attached hydrogens (tertiary/aromatic N) is 2. The Labute approximate surface area is 229 Å². The van der Waals surface area contributed by atoms with Gasteiger partial charge in [-0.1, -0.05) is 18.2 Å². The lowest BCUT2D eigenvalue weighted by Gasteiger charge is -2.15. The molecule has 0 saturated heterocycles. The summed E-state index contributed by atoms with van der Waals surface area (Å²) in [5, 5.41) is 15.9. The third-order valence-corrected chi connectivity index (χ3v) is 5.60. The molecule has 0 fully saturated rings. The van der Waals surface area contributed by atoms with Gasteiger partial charge in [-0.25, -0.2) is 5.43 Å². The second-order valence-electron chi connectivity index (χ2n) is 7.80. The molecule has 0 heterocycles. The molecule has 3 aromatic carbocycles. The molecule has 2 amide bonds. The van der Waals surface area contributed by atoms with Gasteiger partial charge < -0.3 is 19.5 Å². The van der Waals surface area contributed by atoms with Crippen LogP contribution < -0.4 is 25.0 Å². The number of halogens is 1. The minimum absolute atomic E-state index is 0.185. The van der Waals surface area contributed by atoms with Gasteiger partial charge in [0.25, 0.3) is 0 Å². The SMILES string of the molecule is CCOc1ccc(NC(=O)CC(=O)NN=Cc2cc(Br)c(OCc3ccccc3C#N)c(OCC)c2)cc1. The number of carbonyl (C=O) groups excluding carboxylic acids is 2. The van der Waals surface area contributed by atoms with E-state index in [2.05, 4.69) is 37.8 Å². The Morgan fingerprint density at radius 3 is 2.45 bits per heavy atom. The number of hydrogen-bond donors (Lipinski definition) is 2. The molecule has 38 heavy (non-hydrogen) atoms. The monoisotopic (exact) mass is 578 g/mol. The quantitative estimate of drug-likeness (QED) is 0.173. The van der Waals surface area contributed by atoms with E-state index in [1.54, 1.807) is 48.5 Å². The van der Waals surface area contributed by atoms with Crippen LogP contribution in [0.5, 0.6) is 17.2 Å². The Bertz CT molecular complexity index is 1340. The fraction of sp³-hybridized carbons (Fsp3) is 0.214. The van der Waals surface area contributed by atoms with Crippen molar-refractivity contribution < 1.29 is 23.8 Å². The minimum atomic E-state index is -0.565. The van der Waals surface area contributed by atoms with Crippen LogP contribution in [-0.4, -0.2) is 31.2 Å². The number of nitrogens with one attached hydrogen (secondary N) is 2. The number of nitriles is 1. The van der Waals surface area contributed by atoms with Crippen molar-refractivity contribution in [3.05, 3.63) is 81.8 Å². The number of hydrogen-bond acceptors (Lipinski definition) is 7. The van der Waals surface area contributed by atoms with Gasteiger partial charge in [-0.05, 0) is 77.8 Å². The zero-order valence-electron chi connectivity index (χ0n) is 21.0. The lowest BCUT2D eigenvalue weighted by molar-refractivity contribution is -0.126. The summed E-state index contributed by atoms with van der Waals surface area (Å²) in [6, 6.07) is 19.7. The molecule has 0 bridgehead atoms. The molecular weight excluding hydrogens is 552 g/mol. The lowest BCUT2D eigenvalue weighted by Crippen LogP contribution is -2.24. The van der Waals surface area contributed by atoms with E-state index in [4.69, 9.17) is 14.2 Å². The van der Waals surface area contributed by atoms with E-state index in [9.17, 15) is 14.9 Å². The highest BCUT2D eigenvalue weighted by atomic mass is 79.9. The van der Waals surface area contributed by atoms with Gasteiger partial charge in [0.15, 0.2) is 11.5 Å². The van der Waals surface area contributed by atoms with Crippen molar-refractivity contribution in [1.29, 1.82) is 5.26 Å². The van der Waals surface area contributed by atoms with Crippen molar-refractivity contribution in [2.45, 2.75) is 26.9 Å².